The fourth-order valence-electron chi connectivity index (χ4n) is 3.42. The van der Waals surface area contributed by atoms with Gasteiger partial charge in [-0.25, -0.2) is 4.79 Å². The molecule has 1 aromatic heterocycles. The summed E-state index contributed by atoms with van der Waals surface area (Å²) in [5.41, 5.74) is 1.11. The van der Waals surface area contributed by atoms with Crippen molar-refractivity contribution in [1.82, 2.24) is 9.88 Å². The van der Waals surface area contributed by atoms with Gasteiger partial charge in [0.05, 0.1) is 17.3 Å². The Hall–Kier alpha value is -1.88. The van der Waals surface area contributed by atoms with Gasteiger partial charge in [-0.3, -0.25) is 9.78 Å². The lowest BCUT2D eigenvalue weighted by atomic mass is 9.91. The molecule has 130 valence electrons. The van der Waals surface area contributed by atoms with Crippen LogP contribution in [0.5, 0.6) is 0 Å². The number of piperidine rings is 1. The summed E-state index contributed by atoms with van der Waals surface area (Å²) in [5, 5.41) is 11.9. The number of hydrogen-bond acceptors (Lipinski definition) is 4. The lowest BCUT2D eigenvalue weighted by molar-refractivity contribution is -0.118. The zero-order chi connectivity index (χ0) is 17.5. The van der Waals surface area contributed by atoms with E-state index >= 15 is 0 Å². The highest BCUT2D eigenvalue weighted by atomic mass is 31.2. The molecule has 1 saturated carbocycles. The van der Waals surface area contributed by atoms with Crippen LogP contribution in [0.15, 0.2) is 18.3 Å². The van der Waals surface area contributed by atoms with Crippen LogP contribution in [0.3, 0.4) is 0 Å². The molecule has 1 spiro atoms. The highest BCUT2D eigenvalue weighted by Gasteiger charge is 2.58. The van der Waals surface area contributed by atoms with Gasteiger partial charge < -0.3 is 19.9 Å². The van der Waals surface area contributed by atoms with Gasteiger partial charge in [-0.05, 0) is 50.1 Å². The predicted octanol–water partition coefficient (Wildman–Crippen LogP) is 2.05. The third-order valence-corrected chi connectivity index (χ3v) is 6.47. The number of likely N-dealkylation sites (tertiary alicyclic amines) is 1. The number of rotatable bonds is 3. The minimum Gasteiger partial charge on any atom is -0.465 e. The van der Waals surface area contributed by atoms with Gasteiger partial charge in [-0.1, -0.05) is 0 Å². The van der Waals surface area contributed by atoms with Crippen molar-refractivity contribution in [2.75, 3.05) is 31.7 Å². The van der Waals surface area contributed by atoms with E-state index < -0.39 is 13.2 Å². The van der Waals surface area contributed by atoms with Crippen molar-refractivity contribution in [2.45, 2.75) is 19.3 Å². The van der Waals surface area contributed by atoms with E-state index in [4.69, 9.17) is 5.11 Å². The maximum absolute atomic E-state index is 12.4. The molecule has 1 aliphatic heterocycles. The Morgan fingerprint density at radius 3 is 2.50 bits per heavy atom. The summed E-state index contributed by atoms with van der Waals surface area (Å²) in [5.74, 6) is -0.0962. The second-order valence-electron chi connectivity index (χ2n) is 7.13. The van der Waals surface area contributed by atoms with E-state index in [2.05, 4.69) is 10.3 Å². The zero-order valence-electron chi connectivity index (χ0n) is 13.9. The molecule has 2 aliphatic rings. The van der Waals surface area contributed by atoms with Crippen molar-refractivity contribution < 1.29 is 19.3 Å². The molecule has 1 saturated heterocycles. The first-order valence-electron chi connectivity index (χ1n) is 8.02. The summed E-state index contributed by atoms with van der Waals surface area (Å²) in [6, 6.07) is 3.41. The lowest BCUT2D eigenvalue weighted by Crippen LogP contribution is -2.39. The summed E-state index contributed by atoms with van der Waals surface area (Å²) < 4.78 is 11.9. The van der Waals surface area contributed by atoms with Crippen LogP contribution in [-0.2, 0) is 9.36 Å². The Kier molecular flexibility index (Phi) is 4.16. The molecule has 1 aliphatic carbocycles. The van der Waals surface area contributed by atoms with E-state index in [0.29, 0.717) is 24.2 Å². The largest absolute Gasteiger partial charge is 0.465 e. The molecular formula is C16H22N3O4P. The normalized spacial score (nSPS) is 22.2. The fraction of sp³-hybridized carbons (Fsp3) is 0.562. The Labute approximate surface area is 140 Å². The van der Waals surface area contributed by atoms with E-state index in [1.165, 1.54) is 11.1 Å². The van der Waals surface area contributed by atoms with Crippen LogP contribution >= 0.6 is 7.14 Å². The molecular weight excluding hydrogens is 329 g/mol. The molecule has 7 nitrogen and oxygen atoms in total. The Morgan fingerprint density at radius 1 is 1.33 bits per heavy atom. The molecule has 24 heavy (non-hydrogen) atoms. The van der Waals surface area contributed by atoms with Crippen LogP contribution < -0.4 is 10.8 Å². The van der Waals surface area contributed by atoms with Crippen LogP contribution in [-0.4, -0.2) is 53.4 Å². The van der Waals surface area contributed by atoms with Gasteiger partial charge in [0.25, 0.3) is 0 Å². The first-order valence-corrected chi connectivity index (χ1v) is 10.6. The van der Waals surface area contributed by atoms with Crippen LogP contribution in [0, 0.1) is 11.3 Å². The summed E-state index contributed by atoms with van der Waals surface area (Å²) in [6.45, 7) is 4.31. The Balaban J connectivity index is 1.57. The van der Waals surface area contributed by atoms with Crippen LogP contribution in [0.1, 0.15) is 19.3 Å². The van der Waals surface area contributed by atoms with Gasteiger partial charge in [-0.2, -0.15) is 0 Å². The minimum absolute atomic E-state index is 0.0358. The summed E-state index contributed by atoms with van der Waals surface area (Å²) in [6.07, 6.45) is 2.94. The van der Waals surface area contributed by atoms with Gasteiger partial charge in [0.1, 0.15) is 7.14 Å². The van der Waals surface area contributed by atoms with Gasteiger partial charge in [0.2, 0.25) is 5.91 Å². The minimum atomic E-state index is -2.40. The fourth-order valence-corrected chi connectivity index (χ4v) is 4.19. The number of pyridine rings is 1. The van der Waals surface area contributed by atoms with Gasteiger partial charge >= 0.3 is 6.09 Å². The third-order valence-electron chi connectivity index (χ3n) is 5.10. The average Bonchev–Trinajstić information content (AvgIpc) is 3.21. The summed E-state index contributed by atoms with van der Waals surface area (Å²) in [7, 11) is -2.40. The highest BCUT2D eigenvalue weighted by molar-refractivity contribution is 7.69. The van der Waals surface area contributed by atoms with Crippen LogP contribution in [0.2, 0.25) is 0 Å². The maximum Gasteiger partial charge on any atom is 0.407 e. The quantitative estimate of drug-likeness (QED) is 0.812. The molecule has 1 unspecified atom stereocenters. The van der Waals surface area contributed by atoms with Crippen molar-refractivity contribution in [2.24, 2.45) is 11.3 Å². The van der Waals surface area contributed by atoms with E-state index in [-0.39, 0.29) is 17.2 Å². The molecule has 3 rings (SSSR count). The topological polar surface area (TPSA) is 99.6 Å². The molecule has 2 amide bonds. The van der Waals surface area contributed by atoms with Gasteiger partial charge in [-0.15, -0.1) is 0 Å². The molecule has 0 bridgehead atoms. The summed E-state index contributed by atoms with van der Waals surface area (Å²) in [4.78, 5) is 29.0. The van der Waals surface area contributed by atoms with E-state index in [0.717, 1.165) is 19.3 Å². The van der Waals surface area contributed by atoms with Gasteiger partial charge in [0, 0.05) is 19.0 Å². The molecule has 0 radical (unpaired) electrons. The third kappa shape index (κ3) is 3.31. The van der Waals surface area contributed by atoms with Crippen LogP contribution in [0.4, 0.5) is 10.5 Å². The van der Waals surface area contributed by atoms with Crippen molar-refractivity contribution >= 4 is 30.3 Å². The number of hydrogen-bond donors (Lipinski definition) is 2. The molecule has 8 heteroatoms. The zero-order valence-corrected chi connectivity index (χ0v) is 14.8. The second kappa shape index (κ2) is 5.88. The summed E-state index contributed by atoms with van der Waals surface area (Å²) >= 11 is 0. The predicted molar refractivity (Wildman–Crippen MR) is 91.3 cm³/mol. The second-order valence-corrected chi connectivity index (χ2v) is 10.3. The highest BCUT2D eigenvalue weighted by Crippen LogP contribution is 2.59. The average molecular weight is 351 g/mol. The number of anilines is 1. The standard InChI is InChI=1S/C16H22N3O4P/c1-24(2,23)13-4-3-11(10-17-13)18-14(20)12-9-16(12)5-7-19(8-6-16)15(21)22/h3-4,10,12H,5-9H2,1-2H3,(H,18,20)(H,21,22). The van der Waals surface area contributed by atoms with Crippen molar-refractivity contribution in [1.29, 1.82) is 0 Å². The van der Waals surface area contributed by atoms with Crippen LogP contribution in [0.25, 0.3) is 0 Å². The number of carboxylic acid groups (broad SMARTS) is 1. The number of carbonyl (C=O) groups excluding carboxylic acids is 1. The maximum atomic E-state index is 12.4. The lowest BCUT2D eigenvalue weighted by Gasteiger charge is -2.30. The Bertz CT molecular complexity index is 705. The number of nitrogens with zero attached hydrogens (tertiary/aromatic N) is 2. The van der Waals surface area contributed by atoms with Gasteiger partial charge in [0.15, 0.2) is 0 Å². The molecule has 2 fully saturated rings. The smallest absolute Gasteiger partial charge is 0.407 e. The van der Waals surface area contributed by atoms with Crippen molar-refractivity contribution in [3.63, 3.8) is 0 Å². The van der Waals surface area contributed by atoms with Crippen molar-refractivity contribution in [3.8, 4) is 0 Å². The first-order chi connectivity index (χ1) is 11.2. The number of amides is 2. The first kappa shape index (κ1) is 17.0. The molecule has 2 heterocycles. The van der Waals surface area contributed by atoms with E-state index in [1.807, 2.05) is 0 Å². The molecule has 0 aromatic carbocycles. The monoisotopic (exact) mass is 351 g/mol. The van der Waals surface area contributed by atoms with E-state index in [1.54, 1.807) is 25.5 Å². The molecule has 2 N–H and O–H groups in total. The van der Waals surface area contributed by atoms with Crippen molar-refractivity contribution in [3.05, 3.63) is 18.3 Å². The SMILES string of the molecule is CP(C)(=O)c1ccc(NC(=O)C2CC23CCN(C(=O)O)CC3)cn1. The number of aromatic nitrogens is 1. The molecule has 1 aromatic rings. The van der Waals surface area contributed by atoms with E-state index in [9.17, 15) is 14.2 Å². The Morgan fingerprint density at radius 2 is 2.00 bits per heavy atom. The number of nitrogens with one attached hydrogen (secondary N) is 1. The number of carbonyl (C=O) groups is 2. The molecule has 1 atom stereocenters.